The number of unbranched alkanes of at least 4 members (excludes halogenated alkanes) is 1. The van der Waals surface area contributed by atoms with Gasteiger partial charge in [0.1, 0.15) is 10.3 Å². The lowest BCUT2D eigenvalue weighted by Gasteiger charge is -2.06. The predicted octanol–water partition coefficient (Wildman–Crippen LogP) is 3.40. The predicted molar refractivity (Wildman–Crippen MR) is 73.0 cm³/mol. The molecule has 1 N–H and O–H groups in total. The molecule has 1 aromatic heterocycles. The monoisotopic (exact) mass is 298 g/mol. The summed E-state index contributed by atoms with van der Waals surface area (Å²) < 4.78 is 0.685. The molecule has 0 spiro atoms. The van der Waals surface area contributed by atoms with Crippen molar-refractivity contribution in [2.24, 2.45) is 5.92 Å². The molecule has 0 fully saturated rings. The molecule has 0 saturated heterocycles. The van der Waals surface area contributed by atoms with E-state index in [1.807, 2.05) is 6.07 Å². The molecule has 94 valence electrons. The minimum absolute atomic E-state index is 0.101. The van der Waals surface area contributed by atoms with E-state index >= 15 is 0 Å². The third kappa shape index (κ3) is 5.82. The third-order valence-electron chi connectivity index (χ3n) is 2.44. The molecule has 0 radical (unpaired) electrons. The van der Waals surface area contributed by atoms with Gasteiger partial charge in [0, 0.05) is 6.54 Å². The van der Waals surface area contributed by atoms with Crippen LogP contribution in [0.2, 0.25) is 0 Å². The second kappa shape index (κ2) is 7.43. The van der Waals surface area contributed by atoms with Gasteiger partial charge < -0.3 is 5.32 Å². The second-order valence-electron chi connectivity index (χ2n) is 4.49. The largest absolute Gasteiger partial charge is 0.351 e. The highest BCUT2D eigenvalue weighted by atomic mass is 79.9. The van der Waals surface area contributed by atoms with E-state index in [4.69, 9.17) is 0 Å². The standard InChI is InChI=1S/C13H19BrN2O/c1-10(2)6-3-4-9-15-13(17)11-7-5-8-12(14)16-11/h5,7-8,10H,3-4,6,9H2,1-2H3,(H,15,17). The van der Waals surface area contributed by atoms with Crippen LogP contribution in [0.4, 0.5) is 0 Å². The molecular formula is C13H19BrN2O. The first-order chi connectivity index (χ1) is 8.09. The molecule has 0 bridgehead atoms. The van der Waals surface area contributed by atoms with Crippen LogP contribution in [0.5, 0.6) is 0 Å². The summed E-state index contributed by atoms with van der Waals surface area (Å²) in [6.07, 6.45) is 3.40. The molecule has 0 aliphatic carbocycles. The number of aromatic nitrogens is 1. The quantitative estimate of drug-likeness (QED) is 0.646. The van der Waals surface area contributed by atoms with Crippen molar-refractivity contribution in [2.75, 3.05) is 6.54 Å². The van der Waals surface area contributed by atoms with Gasteiger partial charge in [0.05, 0.1) is 0 Å². The molecule has 17 heavy (non-hydrogen) atoms. The number of amides is 1. The molecule has 1 heterocycles. The number of rotatable bonds is 6. The van der Waals surface area contributed by atoms with Crippen LogP contribution in [0.15, 0.2) is 22.8 Å². The summed E-state index contributed by atoms with van der Waals surface area (Å²) in [5.74, 6) is 0.633. The molecular weight excluding hydrogens is 280 g/mol. The molecule has 3 nitrogen and oxygen atoms in total. The Morgan fingerprint density at radius 2 is 2.18 bits per heavy atom. The Balaban J connectivity index is 2.26. The lowest BCUT2D eigenvalue weighted by molar-refractivity contribution is 0.0947. The van der Waals surface area contributed by atoms with Crippen molar-refractivity contribution in [3.05, 3.63) is 28.5 Å². The minimum Gasteiger partial charge on any atom is -0.351 e. The number of halogens is 1. The van der Waals surface area contributed by atoms with E-state index in [1.165, 1.54) is 6.42 Å². The molecule has 0 aliphatic heterocycles. The first kappa shape index (κ1) is 14.2. The van der Waals surface area contributed by atoms with Crippen molar-refractivity contribution < 1.29 is 4.79 Å². The number of nitrogens with zero attached hydrogens (tertiary/aromatic N) is 1. The summed E-state index contributed by atoms with van der Waals surface area (Å²) in [5.41, 5.74) is 0.461. The summed E-state index contributed by atoms with van der Waals surface area (Å²) in [6.45, 7) is 5.15. The summed E-state index contributed by atoms with van der Waals surface area (Å²) in [4.78, 5) is 15.8. The fraction of sp³-hybridized carbons (Fsp3) is 0.538. The fourth-order valence-electron chi connectivity index (χ4n) is 1.50. The number of nitrogens with one attached hydrogen (secondary N) is 1. The van der Waals surface area contributed by atoms with Gasteiger partial charge in [0.15, 0.2) is 0 Å². The van der Waals surface area contributed by atoms with Crippen LogP contribution in [0, 0.1) is 5.92 Å². The van der Waals surface area contributed by atoms with Gasteiger partial charge in [-0.15, -0.1) is 0 Å². The molecule has 4 heteroatoms. The minimum atomic E-state index is -0.101. The van der Waals surface area contributed by atoms with E-state index < -0.39 is 0 Å². The Morgan fingerprint density at radius 1 is 1.41 bits per heavy atom. The molecule has 1 amide bonds. The van der Waals surface area contributed by atoms with Gasteiger partial charge in [-0.3, -0.25) is 4.79 Å². The lowest BCUT2D eigenvalue weighted by atomic mass is 10.1. The van der Waals surface area contributed by atoms with E-state index in [-0.39, 0.29) is 5.91 Å². The normalized spacial score (nSPS) is 10.6. The Labute approximate surface area is 111 Å². The number of carbonyl (C=O) groups is 1. The molecule has 0 atom stereocenters. The molecule has 0 unspecified atom stereocenters. The van der Waals surface area contributed by atoms with Crippen molar-refractivity contribution in [3.63, 3.8) is 0 Å². The van der Waals surface area contributed by atoms with Crippen LogP contribution in [-0.2, 0) is 0 Å². The summed E-state index contributed by atoms with van der Waals surface area (Å²) in [6, 6.07) is 5.33. The van der Waals surface area contributed by atoms with E-state index in [0.717, 1.165) is 25.3 Å². The van der Waals surface area contributed by atoms with Gasteiger partial charge in [-0.05, 0) is 40.4 Å². The summed E-state index contributed by atoms with van der Waals surface area (Å²) in [5, 5.41) is 2.88. The topological polar surface area (TPSA) is 42.0 Å². The highest BCUT2D eigenvalue weighted by Crippen LogP contribution is 2.07. The Hall–Kier alpha value is -0.900. The van der Waals surface area contributed by atoms with Crippen LogP contribution in [0.25, 0.3) is 0 Å². The second-order valence-corrected chi connectivity index (χ2v) is 5.30. The number of hydrogen-bond acceptors (Lipinski definition) is 2. The maximum absolute atomic E-state index is 11.7. The smallest absolute Gasteiger partial charge is 0.269 e. The molecule has 0 saturated carbocycles. The van der Waals surface area contributed by atoms with E-state index in [0.29, 0.717) is 10.3 Å². The van der Waals surface area contributed by atoms with Crippen LogP contribution < -0.4 is 5.32 Å². The van der Waals surface area contributed by atoms with Gasteiger partial charge in [0.2, 0.25) is 0 Å². The van der Waals surface area contributed by atoms with Crippen molar-refractivity contribution >= 4 is 21.8 Å². The van der Waals surface area contributed by atoms with Crippen LogP contribution in [0.1, 0.15) is 43.6 Å². The highest BCUT2D eigenvalue weighted by Gasteiger charge is 2.06. The van der Waals surface area contributed by atoms with Gasteiger partial charge >= 0.3 is 0 Å². The maximum atomic E-state index is 11.7. The summed E-state index contributed by atoms with van der Waals surface area (Å²) in [7, 11) is 0. The number of pyridine rings is 1. The lowest BCUT2D eigenvalue weighted by Crippen LogP contribution is -2.25. The Morgan fingerprint density at radius 3 is 2.82 bits per heavy atom. The third-order valence-corrected chi connectivity index (χ3v) is 2.88. The van der Waals surface area contributed by atoms with Gasteiger partial charge in [-0.2, -0.15) is 0 Å². The average Bonchev–Trinajstić information content (AvgIpc) is 2.28. The van der Waals surface area contributed by atoms with Gasteiger partial charge in [-0.1, -0.05) is 32.8 Å². The Kier molecular flexibility index (Phi) is 6.19. The first-order valence-electron chi connectivity index (χ1n) is 6.00. The van der Waals surface area contributed by atoms with Crippen molar-refractivity contribution in [1.29, 1.82) is 0 Å². The molecule has 1 rings (SSSR count). The zero-order valence-corrected chi connectivity index (χ0v) is 12.0. The zero-order chi connectivity index (χ0) is 12.7. The van der Waals surface area contributed by atoms with Crippen molar-refractivity contribution in [3.8, 4) is 0 Å². The average molecular weight is 299 g/mol. The van der Waals surface area contributed by atoms with Gasteiger partial charge in [-0.25, -0.2) is 4.98 Å². The molecule has 1 aromatic rings. The number of hydrogen-bond donors (Lipinski definition) is 1. The fourth-order valence-corrected chi connectivity index (χ4v) is 1.85. The van der Waals surface area contributed by atoms with Crippen molar-refractivity contribution in [1.82, 2.24) is 10.3 Å². The first-order valence-corrected chi connectivity index (χ1v) is 6.79. The maximum Gasteiger partial charge on any atom is 0.269 e. The van der Waals surface area contributed by atoms with Crippen LogP contribution in [-0.4, -0.2) is 17.4 Å². The van der Waals surface area contributed by atoms with Crippen LogP contribution in [0.3, 0.4) is 0 Å². The molecule has 0 aromatic carbocycles. The molecule has 0 aliphatic rings. The number of carbonyl (C=O) groups excluding carboxylic acids is 1. The van der Waals surface area contributed by atoms with Crippen molar-refractivity contribution in [2.45, 2.75) is 33.1 Å². The summed E-state index contributed by atoms with van der Waals surface area (Å²) >= 11 is 3.25. The van der Waals surface area contributed by atoms with Gasteiger partial charge in [0.25, 0.3) is 5.91 Å². The highest BCUT2D eigenvalue weighted by molar-refractivity contribution is 9.10. The SMILES string of the molecule is CC(C)CCCCNC(=O)c1cccc(Br)n1. The zero-order valence-electron chi connectivity index (χ0n) is 10.4. The Bertz CT molecular complexity index is 366. The van der Waals surface area contributed by atoms with Crippen LogP contribution >= 0.6 is 15.9 Å². The van der Waals surface area contributed by atoms with E-state index in [9.17, 15) is 4.79 Å². The van der Waals surface area contributed by atoms with E-state index in [2.05, 4.69) is 40.1 Å². The van der Waals surface area contributed by atoms with E-state index in [1.54, 1.807) is 12.1 Å².